The fourth-order valence-electron chi connectivity index (χ4n) is 3.11. The van der Waals surface area contributed by atoms with E-state index in [9.17, 15) is 32.7 Å². The van der Waals surface area contributed by atoms with Crippen LogP contribution in [0.3, 0.4) is 0 Å². The molecule has 1 aromatic heterocycles. The molecule has 0 saturated heterocycles. The lowest BCUT2D eigenvalue weighted by molar-refractivity contribution is -0.162. The second kappa shape index (κ2) is 7.70. The number of pyridine rings is 1. The van der Waals surface area contributed by atoms with Crippen molar-refractivity contribution in [2.24, 2.45) is 5.41 Å². The molecule has 1 heterocycles. The zero-order valence-corrected chi connectivity index (χ0v) is 15.3. The summed E-state index contributed by atoms with van der Waals surface area (Å²) < 4.78 is 48.0. The molecule has 152 valence electrons. The van der Waals surface area contributed by atoms with Gasteiger partial charge in [0, 0.05) is 24.8 Å². The van der Waals surface area contributed by atoms with E-state index in [1.807, 2.05) is 0 Å². The average Bonchev–Trinajstić information content (AvgIpc) is 2.62. The van der Waals surface area contributed by atoms with Crippen molar-refractivity contribution in [1.82, 2.24) is 4.98 Å². The van der Waals surface area contributed by atoms with Gasteiger partial charge < -0.3 is 14.6 Å². The molecule has 2 rings (SSSR count). The van der Waals surface area contributed by atoms with Crippen LogP contribution in [0, 0.1) is 12.3 Å². The molecule has 0 aromatic carbocycles. The zero-order valence-electron chi connectivity index (χ0n) is 15.3. The van der Waals surface area contributed by atoms with Gasteiger partial charge in [-0.1, -0.05) is 0 Å². The number of methoxy groups -OCH3 is 2. The number of aryl methyl sites for hydroxylation is 1. The number of aliphatic hydroxyl groups excluding tert-OH is 1. The highest BCUT2D eigenvalue weighted by molar-refractivity contribution is 6.31. The Morgan fingerprint density at radius 3 is 2.43 bits per heavy atom. The molecule has 0 aliphatic heterocycles. The number of hydrogen-bond acceptors (Lipinski definition) is 7. The maximum Gasteiger partial charge on any atom is 0.433 e. The topological polar surface area (TPSA) is 103 Å². The van der Waals surface area contributed by atoms with E-state index < -0.39 is 46.2 Å². The van der Waals surface area contributed by atoms with Gasteiger partial charge in [0.1, 0.15) is 17.0 Å². The van der Waals surface area contributed by atoms with Crippen LogP contribution in [0.2, 0.25) is 0 Å². The van der Waals surface area contributed by atoms with Gasteiger partial charge in [-0.3, -0.25) is 14.4 Å². The van der Waals surface area contributed by atoms with Gasteiger partial charge in [0.15, 0.2) is 17.0 Å². The number of ether oxygens (including phenoxy) is 2. The number of alkyl halides is 3. The number of halogens is 3. The van der Waals surface area contributed by atoms with E-state index in [0.717, 1.165) is 13.2 Å². The first kappa shape index (κ1) is 21.5. The van der Waals surface area contributed by atoms with E-state index in [0.29, 0.717) is 6.07 Å². The molecule has 1 N–H and O–H groups in total. The van der Waals surface area contributed by atoms with Gasteiger partial charge >= 0.3 is 12.1 Å². The lowest BCUT2D eigenvalue weighted by Gasteiger charge is -2.33. The Bertz CT molecular complexity index is 861. The zero-order chi connectivity index (χ0) is 21.3. The summed E-state index contributed by atoms with van der Waals surface area (Å²) in [6, 6.07) is 1.54. The number of allylic oxidation sites excluding steroid dienone is 1. The number of carbonyl (C=O) groups is 3. The van der Waals surface area contributed by atoms with Crippen LogP contribution in [0.5, 0.6) is 0 Å². The molecule has 0 spiro atoms. The van der Waals surface area contributed by atoms with Crippen LogP contribution in [0.1, 0.15) is 29.8 Å². The van der Waals surface area contributed by atoms with Gasteiger partial charge in [-0.25, -0.2) is 4.98 Å². The van der Waals surface area contributed by atoms with E-state index >= 15 is 0 Å². The van der Waals surface area contributed by atoms with Crippen molar-refractivity contribution in [2.45, 2.75) is 25.9 Å². The van der Waals surface area contributed by atoms with E-state index in [4.69, 9.17) is 4.74 Å². The lowest BCUT2D eigenvalue weighted by Crippen LogP contribution is -2.49. The molecule has 1 unspecified atom stereocenters. The normalized spacial score (nSPS) is 22.2. The predicted octanol–water partition coefficient (Wildman–Crippen LogP) is 2.42. The first-order valence-electron chi connectivity index (χ1n) is 8.13. The van der Waals surface area contributed by atoms with Crippen molar-refractivity contribution in [1.29, 1.82) is 0 Å². The summed E-state index contributed by atoms with van der Waals surface area (Å²) in [6.07, 6.45) is -5.12. The number of aromatic nitrogens is 1. The third-order valence-corrected chi connectivity index (χ3v) is 4.55. The third-order valence-electron chi connectivity index (χ3n) is 4.55. The maximum absolute atomic E-state index is 13.0. The van der Waals surface area contributed by atoms with Gasteiger partial charge in [-0.2, -0.15) is 13.2 Å². The number of nitrogens with zero attached hydrogens (tertiary/aromatic N) is 1. The summed E-state index contributed by atoms with van der Waals surface area (Å²) in [5, 5.41) is 10.5. The fraction of sp³-hybridized carbons (Fsp3) is 0.444. The first-order valence-corrected chi connectivity index (χ1v) is 8.13. The smallest absolute Gasteiger partial charge is 0.433 e. The van der Waals surface area contributed by atoms with E-state index in [1.165, 1.54) is 14.0 Å². The van der Waals surface area contributed by atoms with Gasteiger partial charge in [-0.15, -0.1) is 0 Å². The van der Waals surface area contributed by atoms with Crippen LogP contribution in [-0.2, 0) is 30.0 Å². The molecule has 0 radical (unpaired) electrons. The van der Waals surface area contributed by atoms with Crippen molar-refractivity contribution < 1.29 is 42.1 Å². The molecule has 7 nitrogen and oxygen atoms in total. The largest absolute Gasteiger partial charge is 0.506 e. The van der Waals surface area contributed by atoms with Crippen molar-refractivity contribution in [3.05, 3.63) is 34.7 Å². The van der Waals surface area contributed by atoms with E-state index in [-0.39, 0.29) is 30.7 Å². The number of Topliss-reactive ketones (excluding diaryl/α,β-unsaturated/α-hetero) is 2. The van der Waals surface area contributed by atoms with Crippen molar-refractivity contribution >= 4 is 23.3 Å². The molecule has 1 aliphatic carbocycles. The lowest BCUT2D eigenvalue weighted by atomic mass is 9.70. The van der Waals surface area contributed by atoms with Gasteiger partial charge in [0.05, 0.1) is 13.7 Å². The number of rotatable bonds is 4. The molecule has 1 fully saturated rings. The molecule has 0 bridgehead atoms. The SMILES string of the molecule is COCC1(C(=O)OC)CCC(=O)C(=C(O)c2ccc(C(F)(F)F)nc2C)C1=O. The van der Waals surface area contributed by atoms with Crippen LogP contribution < -0.4 is 0 Å². The monoisotopic (exact) mass is 401 g/mol. The second-order valence-electron chi connectivity index (χ2n) is 6.31. The quantitative estimate of drug-likeness (QED) is 0.272. The Labute approximate surface area is 158 Å². The molecule has 1 saturated carbocycles. The Balaban J connectivity index is 2.62. The molecular weight excluding hydrogens is 383 g/mol. The number of ketones is 2. The van der Waals surface area contributed by atoms with Crippen LogP contribution in [0.4, 0.5) is 13.2 Å². The third kappa shape index (κ3) is 3.64. The van der Waals surface area contributed by atoms with Gasteiger partial charge in [0.25, 0.3) is 0 Å². The predicted molar refractivity (Wildman–Crippen MR) is 89.1 cm³/mol. The molecule has 0 amide bonds. The molecule has 28 heavy (non-hydrogen) atoms. The minimum absolute atomic E-state index is 0.174. The van der Waals surface area contributed by atoms with E-state index in [1.54, 1.807) is 0 Å². The van der Waals surface area contributed by atoms with Gasteiger partial charge in [0.2, 0.25) is 0 Å². The van der Waals surface area contributed by atoms with E-state index in [2.05, 4.69) is 9.72 Å². The Hall–Kier alpha value is -2.75. The first-order chi connectivity index (χ1) is 13.0. The summed E-state index contributed by atoms with van der Waals surface area (Å²) in [5.74, 6) is -3.51. The molecule has 1 aliphatic rings. The van der Waals surface area contributed by atoms with Crippen LogP contribution in [0.25, 0.3) is 5.76 Å². The Kier molecular flexibility index (Phi) is 5.93. The summed E-state index contributed by atoms with van der Waals surface area (Å²) in [7, 11) is 2.32. The summed E-state index contributed by atoms with van der Waals surface area (Å²) in [4.78, 5) is 40.9. The Morgan fingerprint density at radius 1 is 1.29 bits per heavy atom. The van der Waals surface area contributed by atoms with Crippen molar-refractivity contribution in [2.75, 3.05) is 20.8 Å². The molecule has 1 aromatic rings. The molecule has 10 heteroatoms. The summed E-state index contributed by atoms with van der Waals surface area (Å²) >= 11 is 0. The Morgan fingerprint density at radius 2 is 1.93 bits per heavy atom. The fourth-order valence-corrected chi connectivity index (χ4v) is 3.11. The molecule has 1 atom stereocenters. The number of esters is 1. The number of hydrogen-bond donors (Lipinski definition) is 1. The molecular formula is C18H18F3NO6. The van der Waals surface area contributed by atoms with Crippen molar-refractivity contribution in [3.8, 4) is 0 Å². The highest BCUT2D eigenvalue weighted by atomic mass is 19.4. The summed E-state index contributed by atoms with van der Waals surface area (Å²) in [5.41, 5.74) is -4.15. The minimum Gasteiger partial charge on any atom is -0.506 e. The second-order valence-corrected chi connectivity index (χ2v) is 6.31. The minimum atomic E-state index is -4.69. The van der Waals surface area contributed by atoms with Crippen LogP contribution in [0.15, 0.2) is 17.7 Å². The number of carbonyl (C=O) groups excluding carboxylic acids is 3. The standard InChI is InChI=1S/C18H18F3NO6/c1-9-10(4-5-12(22-9)18(19,20)21)14(24)13-11(23)6-7-17(8-27-2,15(13)25)16(26)28-3/h4-5,24H,6-8H2,1-3H3. The highest BCUT2D eigenvalue weighted by Crippen LogP contribution is 2.39. The van der Waals surface area contributed by atoms with Crippen molar-refractivity contribution in [3.63, 3.8) is 0 Å². The van der Waals surface area contributed by atoms with Gasteiger partial charge in [-0.05, 0) is 25.5 Å². The van der Waals surface area contributed by atoms with Crippen LogP contribution in [-0.4, -0.2) is 48.5 Å². The van der Waals surface area contributed by atoms with Crippen LogP contribution >= 0.6 is 0 Å². The number of aliphatic hydroxyl groups is 1. The summed E-state index contributed by atoms with van der Waals surface area (Å²) in [6.45, 7) is 0.814. The average molecular weight is 401 g/mol. The highest BCUT2D eigenvalue weighted by Gasteiger charge is 2.53. The maximum atomic E-state index is 13.0.